The van der Waals surface area contributed by atoms with E-state index in [1.165, 1.54) is 11.0 Å². The number of carbonyl (C=O) groups is 2. The summed E-state index contributed by atoms with van der Waals surface area (Å²) in [6.45, 7) is 4.87. The van der Waals surface area contributed by atoms with E-state index < -0.39 is 23.5 Å². The largest absolute Gasteiger partial charge is 0.379 e. The highest BCUT2D eigenvalue weighted by molar-refractivity contribution is 6.09. The van der Waals surface area contributed by atoms with E-state index in [-0.39, 0.29) is 18.1 Å². The Morgan fingerprint density at radius 1 is 1.23 bits per heavy atom. The van der Waals surface area contributed by atoms with Crippen molar-refractivity contribution in [1.82, 2.24) is 10.2 Å². The molecule has 3 rings (SSSR count). The number of benzene rings is 1. The van der Waals surface area contributed by atoms with Crippen LogP contribution in [-0.4, -0.2) is 62.7 Å². The first-order chi connectivity index (χ1) is 12.6. The minimum Gasteiger partial charge on any atom is -0.379 e. The first kappa shape index (κ1) is 18.7. The first-order valence-corrected chi connectivity index (χ1v) is 8.90. The van der Waals surface area contributed by atoms with Crippen molar-refractivity contribution in [3.05, 3.63) is 29.8 Å². The van der Waals surface area contributed by atoms with Crippen molar-refractivity contribution in [1.29, 1.82) is 0 Å². The predicted octanol–water partition coefficient (Wildman–Crippen LogP) is 1.16. The normalized spacial score (nSPS) is 21.2. The van der Waals surface area contributed by atoms with Crippen molar-refractivity contribution < 1.29 is 23.1 Å². The number of hydrogen-bond acceptors (Lipinski definition) is 4. The molecule has 2 heterocycles. The van der Waals surface area contributed by atoms with Crippen LogP contribution in [0.2, 0.25) is 0 Å². The lowest BCUT2D eigenvalue weighted by Gasteiger charge is -2.26. The van der Waals surface area contributed by atoms with Crippen LogP contribution in [0.25, 0.3) is 0 Å². The topological polar surface area (TPSA) is 61.9 Å². The molecular formula is C18H23F2N3O3. The molecule has 1 N–H and O–H groups in total. The van der Waals surface area contributed by atoms with Gasteiger partial charge in [-0.25, -0.2) is 8.78 Å². The molecule has 0 aromatic heterocycles. The summed E-state index contributed by atoms with van der Waals surface area (Å²) < 4.78 is 32.2. The monoisotopic (exact) mass is 367 g/mol. The zero-order valence-corrected chi connectivity index (χ0v) is 14.5. The van der Waals surface area contributed by atoms with E-state index in [1.807, 2.05) is 0 Å². The summed E-state index contributed by atoms with van der Waals surface area (Å²) in [6, 6.07) is 3.07. The molecule has 0 spiro atoms. The van der Waals surface area contributed by atoms with Gasteiger partial charge in [0.2, 0.25) is 11.8 Å². The molecular weight excluding hydrogens is 344 g/mol. The minimum absolute atomic E-state index is 0.0130. The van der Waals surface area contributed by atoms with Gasteiger partial charge in [0, 0.05) is 32.2 Å². The van der Waals surface area contributed by atoms with Gasteiger partial charge in [-0.1, -0.05) is 0 Å². The van der Waals surface area contributed by atoms with Gasteiger partial charge in [0.15, 0.2) is 0 Å². The molecule has 0 bridgehead atoms. The van der Waals surface area contributed by atoms with Crippen LogP contribution in [0.15, 0.2) is 18.2 Å². The Morgan fingerprint density at radius 3 is 2.73 bits per heavy atom. The second kappa shape index (κ2) is 8.55. The van der Waals surface area contributed by atoms with Gasteiger partial charge in [-0.05, 0) is 31.5 Å². The van der Waals surface area contributed by atoms with E-state index >= 15 is 0 Å². The van der Waals surface area contributed by atoms with Crippen LogP contribution in [-0.2, 0) is 14.3 Å². The fourth-order valence-corrected chi connectivity index (χ4v) is 3.32. The zero-order valence-electron chi connectivity index (χ0n) is 14.5. The summed E-state index contributed by atoms with van der Waals surface area (Å²) in [5.41, 5.74) is 0.0130. The van der Waals surface area contributed by atoms with Gasteiger partial charge in [0.1, 0.15) is 17.6 Å². The van der Waals surface area contributed by atoms with Crippen LogP contribution in [0.4, 0.5) is 14.5 Å². The Hall–Kier alpha value is -2.06. The molecule has 1 atom stereocenters. The number of nitrogens with zero attached hydrogens (tertiary/aromatic N) is 2. The SMILES string of the molecule is O=C(NCCCN1CCOCC1)[C@H]1CCN(c2ccc(F)cc2F)C1=O. The Morgan fingerprint density at radius 2 is 2.00 bits per heavy atom. The fourth-order valence-electron chi connectivity index (χ4n) is 3.32. The number of amides is 2. The number of carbonyl (C=O) groups excluding carboxylic acids is 2. The van der Waals surface area contributed by atoms with E-state index in [2.05, 4.69) is 10.2 Å². The fraction of sp³-hybridized carbons (Fsp3) is 0.556. The Bertz CT molecular complexity index is 665. The van der Waals surface area contributed by atoms with Crippen LogP contribution < -0.4 is 10.2 Å². The average Bonchev–Trinajstić information content (AvgIpc) is 3.01. The quantitative estimate of drug-likeness (QED) is 0.605. The van der Waals surface area contributed by atoms with Crippen LogP contribution >= 0.6 is 0 Å². The van der Waals surface area contributed by atoms with Crippen LogP contribution in [0.5, 0.6) is 0 Å². The third-order valence-corrected chi connectivity index (χ3v) is 4.78. The predicted molar refractivity (Wildman–Crippen MR) is 91.7 cm³/mol. The van der Waals surface area contributed by atoms with E-state index in [0.29, 0.717) is 13.0 Å². The van der Waals surface area contributed by atoms with Crippen molar-refractivity contribution in [3.8, 4) is 0 Å². The van der Waals surface area contributed by atoms with Crippen LogP contribution in [0, 0.1) is 17.6 Å². The molecule has 2 saturated heterocycles. The van der Waals surface area contributed by atoms with Gasteiger partial charge in [0.05, 0.1) is 18.9 Å². The molecule has 142 valence electrons. The van der Waals surface area contributed by atoms with Gasteiger partial charge >= 0.3 is 0 Å². The summed E-state index contributed by atoms with van der Waals surface area (Å²) in [4.78, 5) is 28.2. The van der Waals surface area contributed by atoms with Gasteiger partial charge in [-0.3, -0.25) is 14.5 Å². The van der Waals surface area contributed by atoms with Gasteiger partial charge in [-0.15, -0.1) is 0 Å². The van der Waals surface area contributed by atoms with E-state index in [1.54, 1.807) is 0 Å². The Kier molecular flexibility index (Phi) is 6.16. The number of nitrogens with one attached hydrogen (secondary N) is 1. The Labute approximate surface area is 151 Å². The second-order valence-corrected chi connectivity index (χ2v) is 6.53. The maximum atomic E-state index is 13.9. The van der Waals surface area contributed by atoms with Crippen molar-refractivity contribution >= 4 is 17.5 Å². The van der Waals surface area contributed by atoms with Crippen LogP contribution in [0.1, 0.15) is 12.8 Å². The molecule has 0 aliphatic carbocycles. The number of morpholine rings is 1. The average molecular weight is 367 g/mol. The lowest BCUT2D eigenvalue weighted by Crippen LogP contribution is -2.40. The highest BCUT2D eigenvalue weighted by Crippen LogP contribution is 2.28. The molecule has 2 aliphatic heterocycles. The minimum atomic E-state index is -0.817. The molecule has 6 nitrogen and oxygen atoms in total. The number of hydrogen-bond donors (Lipinski definition) is 1. The number of halogens is 2. The summed E-state index contributed by atoms with van der Waals surface area (Å²) in [7, 11) is 0. The molecule has 8 heteroatoms. The molecule has 0 saturated carbocycles. The summed E-state index contributed by atoms with van der Waals surface area (Å²) in [5.74, 6) is -3.09. The maximum Gasteiger partial charge on any atom is 0.239 e. The van der Waals surface area contributed by atoms with Crippen molar-refractivity contribution in [2.75, 3.05) is 50.8 Å². The first-order valence-electron chi connectivity index (χ1n) is 8.90. The molecule has 2 amide bonds. The number of ether oxygens (including phenoxy) is 1. The molecule has 2 fully saturated rings. The standard InChI is InChI=1S/C18H23F2N3O3/c19-13-2-3-16(15(20)12-13)23-7-4-14(18(23)25)17(24)21-5-1-6-22-8-10-26-11-9-22/h2-3,12,14H,1,4-11H2,(H,21,24)/t14-/m1/s1. The van der Waals surface area contributed by atoms with Crippen molar-refractivity contribution in [2.45, 2.75) is 12.8 Å². The third-order valence-electron chi connectivity index (χ3n) is 4.78. The molecule has 0 unspecified atom stereocenters. The van der Waals surface area contributed by atoms with Crippen molar-refractivity contribution in [3.63, 3.8) is 0 Å². The molecule has 1 aromatic rings. The highest BCUT2D eigenvalue weighted by atomic mass is 19.1. The van der Waals surface area contributed by atoms with E-state index in [4.69, 9.17) is 4.74 Å². The molecule has 1 aromatic carbocycles. The van der Waals surface area contributed by atoms with Gasteiger partial charge < -0.3 is 15.0 Å². The number of anilines is 1. The lowest BCUT2D eigenvalue weighted by atomic mass is 10.1. The lowest BCUT2D eigenvalue weighted by molar-refractivity contribution is -0.132. The summed E-state index contributed by atoms with van der Waals surface area (Å²) >= 11 is 0. The summed E-state index contributed by atoms with van der Waals surface area (Å²) in [6.07, 6.45) is 1.12. The van der Waals surface area contributed by atoms with E-state index in [9.17, 15) is 18.4 Å². The maximum absolute atomic E-state index is 13.9. The molecule has 26 heavy (non-hydrogen) atoms. The second-order valence-electron chi connectivity index (χ2n) is 6.53. The van der Waals surface area contributed by atoms with Crippen LogP contribution in [0.3, 0.4) is 0 Å². The van der Waals surface area contributed by atoms with Gasteiger partial charge in [-0.2, -0.15) is 0 Å². The Balaban J connectivity index is 1.47. The third kappa shape index (κ3) is 4.37. The highest BCUT2D eigenvalue weighted by Gasteiger charge is 2.38. The molecule has 0 radical (unpaired) electrons. The smallest absolute Gasteiger partial charge is 0.239 e. The van der Waals surface area contributed by atoms with Gasteiger partial charge in [0.25, 0.3) is 0 Å². The molecule has 2 aliphatic rings. The van der Waals surface area contributed by atoms with E-state index in [0.717, 1.165) is 51.4 Å². The zero-order chi connectivity index (χ0) is 18.5. The summed E-state index contributed by atoms with van der Waals surface area (Å²) in [5, 5.41) is 2.79. The van der Waals surface area contributed by atoms with Crippen molar-refractivity contribution in [2.24, 2.45) is 5.92 Å². The number of rotatable bonds is 6.